The summed E-state index contributed by atoms with van der Waals surface area (Å²) in [6, 6.07) is 7.59. The summed E-state index contributed by atoms with van der Waals surface area (Å²) in [5, 5.41) is 3.82. The number of carbonyl (C=O) groups is 1. The Morgan fingerprint density at radius 1 is 1.23 bits per heavy atom. The van der Waals surface area contributed by atoms with E-state index in [-0.39, 0.29) is 30.0 Å². The Morgan fingerprint density at radius 3 is 2.84 bits per heavy atom. The number of aromatic amines is 1. The second kappa shape index (κ2) is 8.78. The van der Waals surface area contributed by atoms with Crippen LogP contribution >= 0.6 is 28.3 Å². The first-order valence-corrected chi connectivity index (χ1v) is 10.6. The van der Waals surface area contributed by atoms with Gasteiger partial charge in [0.05, 0.1) is 38.5 Å². The first-order valence-electron chi connectivity index (χ1n) is 9.79. The SMILES string of the molecule is Cl.N[C@@H]1CCCN(c2c(Br)cnc3[nH]cc(NC(=O)c4cnc5ccccc5n4)c23)C1. The van der Waals surface area contributed by atoms with E-state index in [1.165, 1.54) is 6.20 Å². The number of piperidine rings is 1. The number of nitrogens with two attached hydrogens (primary N) is 1. The van der Waals surface area contributed by atoms with Gasteiger partial charge in [-0.15, -0.1) is 12.4 Å². The van der Waals surface area contributed by atoms with Gasteiger partial charge in [-0.05, 0) is 40.9 Å². The van der Waals surface area contributed by atoms with E-state index in [2.05, 4.69) is 46.1 Å². The van der Waals surface area contributed by atoms with Crippen LogP contribution in [0.5, 0.6) is 0 Å². The average Bonchev–Trinajstić information content (AvgIpc) is 3.16. The molecule has 31 heavy (non-hydrogen) atoms. The highest BCUT2D eigenvalue weighted by molar-refractivity contribution is 9.10. The highest BCUT2D eigenvalue weighted by Gasteiger charge is 2.24. The fourth-order valence-corrected chi connectivity index (χ4v) is 4.48. The number of pyridine rings is 1. The van der Waals surface area contributed by atoms with Crippen molar-refractivity contribution in [2.75, 3.05) is 23.3 Å². The molecule has 10 heteroatoms. The Bertz CT molecular complexity index is 1260. The second-order valence-corrected chi connectivity index (χ2v) is 8.28. The van der Waals surface area contributed by atoms with E-state index in [0.29, 0.717) is 16.9 Å². The Morgan fingerprint density at radius 2 is 2.03 bits per heavy atom. The molecule has 0 saturated carbocycles. The maximum Gasteiger partial charge on any atom is 0.275 e. The lowest BCUT2D eigenvalue weighted by molar-refractivity contribution is 0.102. The molecule has 1 aromatic carbocycles. The van der Waals surface area contributed by atoms with Crippen molar-refractivity contribution in [1.82, 2.24) is 19.9 Å². The number of anilines is 2. The molecule has 1 aliphatic heterocycles. The molecule has 4 heterocycles. The molecule has 3 aromatic heterocycles. The van der Waals surface area contributed by atoms with Crippen LogP contribution in [0.2, 0.25) is 0 Å². The highest BCUT2D eigenvalue weighted by atomic mass is 79.9. The summed E-state index contributed by atoms with van der Waals surface area (Å²) in [7, 11) is 0. The van der Waals surface area contributed by atoms with Gasteiger partial charge in [-0.2, -0.15) is 0 Å². The van der Waals surface area contributed by atoms with E-state index < -0.39 is 0 Å². The van der Waals surface area contributed by atoms with Crippen LogP contribution in [0.1, 0.15) is 23.3 Å². The predicted molar refractivity (Wildman–Crippen MR) is 128 cm³/mol. The van der Waals surface area contributed by atoms with Gasteiger partial charge in [0.25, 0.3) is 5.91 Å². The minimum Gasteiger partial charge on any atom is -0.368 e. The van der Waals surface area contributed by atoms with Gasteiger partial charge in [-0.25, -0.2) is 9.97 Å². The smallest absolute Gasteiger partial charge is 0.275 e. The molecule has 0 bridgehead atoms. The van der Waals surface area contributed by atoms with Gasteiger partial charge in [0, 0.05) is 31.5 Å². The van der Waals surface area contributed by atoms with Gasteiger partial charge in [0.15, 0.2) is 0 Å². The standard InChI is InChI=1S/C21H20BrN7O.ClH/c22-13-8-25-20-18(19(13)29-7-3-4-12(23)11-29)16(9-26-20)28-21(30)17-10-24-14-5-1-2-6-15(14)27-17;/h1-2,5-6,8-10,12H,3-4,7,11,23H2,(H,25,26)(H,28,30);1H/t12-;/m1./s1. The largest absolute Gasteiger partial charge is 0.368 e. The molecule has 0 aliphatic carbocycles. The third kappa shape index (κ3) is 4.08. The van der Waals surface area contributed by atoms with Crippen molar-refractivity contribution in [2.45, 2.75) is 18.9 Å². The molecule has 5 rings (SSSR count). The first-order chi connectivity index (χ1) is 14.6. The molecule has 1 amide bonds. The number of hydrogen-bond donors (Lipinski definition) is 3. The van der Waals surface area contributed by atoms with Crippen molar-refractivity contribution in [2.24, 2.45) is 5.73 Å². The van der Waals surface area contributed by atoms with Crippen LogP contribution in [0.4, 0.5) is 11.4 Å². The Labute approximate surface area is 193 Å². The lowest BCUT2D eigenvalue weighted by Crippen LogP contribution is -2.43. The van der Waals surface area contributed by atoms with Crippen molar-refractivity contribution in [1.29, 1.82) is 0 Å². The van der Waals surface area contributed by atoms with Gasteiger partial charge in [-0.3, -0.25) is 9.78 Å². The van der Waals surface area contributed by atoms with Gasteiger partial charge in [0.1, 0.15) is 11.3 Å². The lowest BCUT2D eigenvalue weighted by atomic mass is 10.1. The third-order valence-electron chi connectivity index (χ3n) is 5.33. The number of para-hydroxylation sites is 2. The van der Waals surface area contributed by atoms with Gasteiger partial charge in [0.2, 0.25) is 0 Å². The summed E-state index contributed by atoms with van der Waals surface area (Å²) in [4.78, 5) is 31.6. The number of aromatic nitrogens is 4. The zero-order valence-corrected chi connectivity index (χ0v) is 18.9. The molecule has 8 nitrogen and oxygen atoms in total. The van der Waals surface area contributed by atoms with Crippen molar-refractivity contribution in [3.05, 3.63) is 53.0 Å². The van der Waals surface area contributed by atoms with E-state index in [1.807, 2.05) is 24.3 Å². The molecule has 4 aromatic rings. The summed E-state index contributed by atoms with van der Waals surface area (Å²) in [5.74, 6) is -0.324. The number of benzene rings is 1. The summed E-state index contributed by atoms with van der Waals surface area (Å²) in [5.41, 5.74) is 10.2. The topological polar surface area (TPSA) is 113 Å². The van der Waals surface area contributed by atoms with Crippen LogP contribution < -0.4 is 16.0 Å². The van der Waals surface area contributed by atoms with E-state index in [1.54, 1.807) is 12.4 Å². The molecule has 160 valence electrons. The predicted octanol–water partition coefficient (Wildman–Crippen LogP) is 3.87. The quantitative estimate of drug-likeness (QED) is 0.392. The zero-order chi connectivity index (χ0) is 20.7. The van der Waals surface area contributed by atoms with Crippen LogP contribution in [0.25, 0.3) is 22.1 Å². The minimum atomic E-state index is -0.324. The van der Waals surface area contributed by atoms with Crippen LogP contribution in [0.15, 0.2) is 47.3 Å². The molecule has 1 aliphatic rings. The summed E-state index contributed by atoms with van der Waals surface area (Å²) < 4.78 is 0.865. The van der Waals surface area contributed by atoms with Gasteiger partial charge >= 0.3 is 0 Å². The summed E-state index contributed by atoms with van der Waals surface area (Å²) in [6.45, 7) is 1.66. The molecule has 4 N–H and O–H groups in total. The molecule has 0 radical (unpaired) electrons. The van der Waals surface area contributed by atoms with Crippen LogP contribution in [-0.2, 0) is 0 Å². The molecule has 0 spiro atoms. The van der Waals surface area contributed by atoms with Crippen molar-refractivity contribution < 1.29 is 4.79 Å². The maximum atomic E-state index is 12.9. The van der Waals surface area contributed by atoms with Gasteiger partial charge < -0.3 is 20.9 Å². The number of fused-ring (bicyclic) bond motifs is 2. The van der Waals surface area contributed by atoms with Crippen molar-refractivity contribution in [3.63, 3.8) is 0 Å². The lowest BCUT2D eigenvalue weighted by Gasteiger charge is -2.33. The summed E-state index contributed by atoms with van der Waals surface area (Å²) in [6.07, 6.45) is 7.06. The average molecular weight is 503 g/mol. The van der Waals surface area contributed by atoms with E-state index >= 15 is 0 Å². The number of amides is 1. The molecular formula is C21H21BrClN7O. The Balaban J connectivity index is 0.00000231. The molecular weight excluding hydrogens is 482 g/mol. The number of rotatable bonds is 3. The molecule has 1 fully saturated rings. The number of carbonyl (C=O) groups excluding carboxylic acids is 1. The van der Waals surface area contributed by atoms with E-state index in [9.17, 15) is 4.79 Å². The van der Waals surface area contributed by atoms with Crippen LogP contribution in [0.3, 0.4) is 0 Å². The molecule has 1 atom stereocenters. The number of nitrogens with one attached hydrogen (secondary N) is 2. The fraction of sp³-hybridized carbons (Fsp3) is 0.238. The Kier molecular flexibility index (Phi) is 6.08. The van der Waals surface area contributed by atoms with Crippen molar-refractivity contribution in [3.8, 4) is 0 Å². The zero-order valence-electron chi connectivity index (χ0n) is 16.5. The van der Waals surface area contributed by atoms with Crippen molar-refractivity contribution >= 4 is 67.7 Å². The number of halogens is 2. The fourth-order valence-electron chi connectivity index (χ4n) is 3.93. The van der Waals surface area contributed by atoms with Crippen LogP contribution in [0, 0.1) is 0 Å². The minimum absolute atomic E-state index is 0. The number of hydrogen-bond acceptors (Lipinski definition) is 6. The number of nitrogens with zero attached hydrogens (tertiary/aromatic N) is 4. The molecule has 1 saturated heterocycles. The summed E-state index contributed by atoms with van der Waals surface area (Å²) >= 11 is 3.64. The molecule has 0 unspecified atom stereocenters. The monoisotopic (exact) mass is 501 g/mol. The second-order valence-electron chi connectivity index (χ2n) is 7.43. The number of H-pyrrole nitrogens is 1. The maximum absolute atomic E-state index is 12.9. The highest BCUT2D eigenvalue weighted by Crippen LogP contribution is 2.38. The van der Waals surface area contributed by atoms with E-state index in [0.717, 1.165) is 47.0 Å². The van der Waals surface area contributed by atoms with Gasteiger partial charge in [-0.1, -0.05) is 12.1 Å². The first kappa shape index (κ1) is 21.5. The Hall–Kier alpha value is -2.75. The van der Waals surface area contributed by atoms with Crippen LogP contribution in [-0.4, -0.2) is 45.0 Å². The van der Waals surface area contributed by atoms with E-state index in [4.69, 9.17) is 5.73 Å². The third-order valence-corrected chi connectivity index (χ3v) is 5.91. The normalized spacial score (nSPS) is 16.3.